The smallest absolute Gasteiger partial charge is 0.251 e. The van der Waals surface area contributed by atoms with Gasteiger partial charge in [-0.25, -0.2) is 4.98 Å². The van der Waals surface area contributed by atoms with Crippen LogP contribution in [-0.2, 0) is 6.54 Å². The minimum atomic E-state index is -0.190. The highest BCUT2D eigenvalue weighted by Gasteiger charge is 2.20. The maximum Gasteiger partial charge on any atom is 0.251 e. The normalized spacial score (nSPS) is 17.3. The van der Waals surface area contributed by atoms with Crippen LogP contribution >= 0.6 is 11.6 Å². The molecule has 1 saturated heterocycles. The number of H-pyrrole nitrogens is 1. The molecule has 2 aromatic carbocycles. The van der Waals surface area contributed by atoms with Gasteiger partial charge in [0.15, 0.2) is 0 Å². The third-order valence-corrected chi connectivity index (χ3v) is 5.52. The first-order valence-electron chi connectivity index (χ1n) is 9.30. The molecule has 5 heteroatoms. The zero-order chi connectivity index (χ0) is 18.8. The van der Waals surface area contributed by atoms with Crippen LogP contribution in [-0.4, -0.2) is 27.5 Å². The highest BCUT2D eigenvalue weighted by atomic mass is 35.5. The standard InChI is InChI=1S/C22H22ClN3O/c1-15-5-4-12-26(15)14-16-8-10-17(11-9-16)22-24-20(13-21(27)25-22)18-6-2-3-7-19(18)23/h2-3,6-11,13,15H,4-5,12,14H2,1H3,(H,24,25,27). The molecule has 3 aromatic rings. The predicted octanol–water partition coefficient (Wildman–Crippen LogP) is 4.74. The van der Waals surface area contributed by atoms with Crippen LogP contribution < -0.4 is 5.56 Å². The van der Waals surface area contributed by atoms with Gasteiger partial charge in [-0.05, 0) is 37.9 Å². The van der Waals surface area contributed by atoms with Crippen LogP contribution in [0.15, 0.2) is 59.4 Å². The summed E-state index contributed by atoms with van der Waals surface area (Å²) in [6.45, 7) is 4.42. The second-order valence-corrected chi connectivity index (χ2v) is 7.52. The number of nitrogens with one attached hydrogen (secondary N) is 1. The Morgan fingerprint density at radius 2 is 1.96 bits per heavy atom. The number of hydrogen-bond acceptors (Lipinski definition) is 3. The van der Waals surface area contributed by atoms with E-state index in [-0.39, 0.29) is 5.56 Å². The van der Waals surface area contributed by atoms with E-state index in [1.165, 1.54) is 24.5 Å². The van der Waals surface area contributed by atoms with Crippen molar-refractivity contribution in [1.29, 1.82) is 0 Å². The molecule has 0 spiro atoms. The largest absolute Gasteiger partial charge is 0.306 e. The number of rotatable bonds is 4. The quantitative estimate of drug-likeness (QED) is 0.712. The van der Waals surface area contributed by atoms with Gasteiger partial charge in [-0.15, -0.1) is 0 Å². The number of likely N-dealkylation sites (tertiary alicyclic amines) is 1. The number of nitrogens with zero attached hydrogens (tertiary/aromatic N) is 2. The Morgan fingerprint density at radius 3 is 2.67 bits per heavy atom. The molecular weight excluding hydrogens is 358 g/mol. The predicted molar refractivity (Wildman–Crippen MR) is 110 cm³/mol. The van der Waals surface area contributed by atoms with Crippen LogP contribution in [0.25, 0.3) is 22.6 Å². The van der Waals surface area contributed by atoms with E-state index in [1.54, 1.807) is 6.07 Å². The lowest BCUT2D eigenvalue weighted by Crippen LogP contribution is -2.26. The molecule has 0 bridgehead atoms. The molecule has 1 aromatic heterocycles. The first-order valence-corrected chi connectivity index (χ1v) is 9.67. The van der Waals surface area contributed by atoms with Crippen molar-refractivity contribution < 1.29 is 0 Å². The molecule has 0 radical (unpaired) electrons. The second kappa shape index (κ2) is 7.67. The average Bonchev–Trinajstić information content (AvgIpc) is 3.07. The van der Waals surface area contributed by atoms with Gasteiger partial charge >= 0.3 is 0 Å². The Balaban J connectivity index is 1.62. The van der Waals surface area contributed by atoms with Crippen LogP contribution in [0.3, 0.4) is 0 Å². The zero-order valence-corrected chi connectivity index (χ0v) is 16.0. The fourth-order valence-corrected chi connectivity index (χ4v) is 3.86. The van der Waals surface area contributed by atoms with E-state index < -0.39 is 0 Å². The summed E-state index contributed by atoms with van der Waals surface area (Å²) in [5.74, 6) is 0.554. The summed E-state index contributed by atoms with van der Waals surface area (Å²) in [5.41, 5.74) is 3.31. The topological polar surface area (TPSA) is 49.0 Å². The molecule has 27 heavy (non-hydrogen) atoms. The zero-order valence-electron chi connectivity index (χ0n) is 15.3. The molecule has 0 saturated carbocycles. The lowest BCUT2D eigenvalue weighted by atomic mass is 10.1. The summed E-state index contributed by atoms with van der Waals surface area (Å²) in [6, 6.07) is 17.8. The minimum absolute atomic E-state index is 0.190. The number of aromatic amines is 1. The molecule has 1 unspecified atom stereocenters. The molecule has 4 rings (SSSR count). The van der Waals surface area contributed by atoms with Crippen LogP contribution in [0.4, 0.5) is 0 Å². The molecule has 1 N–H and O–H groups in total. The molecule has 1 fully saturated rings. The lowest BCUT2D eigenvalue weighted by molar-refractivity contribution is 0.260. The highest BCUT2D eigenvalue weighted by molar-refractivity contribution is 6.33. The van der Waals surface area contributed by atoms with E-state index in [0.717, 1.165) is 24.2 Å². The first-order chi connectivity index (χ1) is 13.1. The Hall–Kier alpha value is -2.43. The van der Waals surface area contributed by atoms with Gasteiger partial charge in [-0.1, -0.05) is 54.1 Å². The van der Waals surface area contributed by atoms with Gasteiger partial charge in [0, 0.05) is 34.8 Å². The summed E-state index contributed by atoms with van der Waals surface area (Å²) in [7, 11) is 0. The Kier molecular flexibility index (Phi) is 5.10. The number of benzene rings is 2. The summed E-state index contributed by atoms with van der Waals surface area (Å²) >= 11 is 6.27. The minimum Gasteiger partial charge on any atom is -0.306 e. The third kappa shape index (κ3) is 3.97. The molecule has 1 atom stereocenters. The van der Waals surface area contributed by atoms with Gasteiger partial charge in [0.25, 0.3) is 5.56 Å². The molecule has 1 aliphatic heterocycles. The van der Waals surface area contributed by atoms with Crippen molar-refractivity contribution in [2.24, 2.45) is 0 Å². The fourth-order valence-electron chi connectivity index (χ4n) is 3.63. The van der Waals surface area contributed by atoms with Crippen molar-refractivity contribution in [1.82, 2.24) is 14.9 Å². The van der Waals surface area contributed by atoms with Gasteiger partial charge in [-0.3, -0.25) is 9.69 Å². The van der Waals surface area contributed by atoms with Crippen molar-refractivity contribution >= 4 is 11.6 Å². The van der Waals surface area contributed by atoms with Gasteiger partial charge in [0.1, 0.15) is 5.82 Å². The van der Waals surface area contributed by atoms with E-state index in [9.17, 15) is 4.79 Å². The van der Waals surface area contributed by atoms with Crippen molar-refractivity contribution in [3.63, 3.8) is 0 Å². The van der Waals surface area contributed by atoms with Gasteiger partial charge in [-0.2, -0.15) is 0 Å². The molecule has 4 nitrogen and oxygen atoms in total. The SMILES string of the molecule is CC1CCCN1Cc1ccc(-c2nc(-c3ccccc3Cl)cc(=O)[nH]2)cc1. The maximum absolute atomic E-state index is 12.2. The second-order valence-electron chi connectivity index (χ2n) is 7.12. The van der Waals surface area contributed by atoms with Crippen molar-refractivity contribution in [3.8, 4) is 22.6 Å². The van der Waals surface area contributed by atoms with Gasteiger partial charge < -0.3 is 4.98 Å². The molecule has 2 heterocycles. The van der Waals surface area contributed by atoms with Crippen LogP contribution in [0.5, 0.6) is 0 Å². The molecule has 138 valence electrons. The van der Waals surface area contributed by atoms with E-state index in [2.05, 4.69) is 33.9 Å². The Bertz CT molecular complexity index is 997. The summed E-state index contributed by atoms with van der Waals surface area (Å²) < 4.78 is 0. The lowest BCUT2D eigenvalue weighted by Gasteiger charge is -2.20. The number of hydrogen-bond donors (Lipinski definition) is 1. The fraction of sp³-hybridized carbons (Fsp3) is 0.273. The van der Waals surface area contributed by atoms with Crippen molar-refractivity contribution in [3.05, 3.63) is 75.5 Å². The van der Waals surface area contributed by atoms with Crippen LogP contribution in [0.1, 0.15) is 25.3 Å². The van der Waals surface area contributed by atoms with Gasteiger partial charge in [0.2, 0.25) is 0 Å². The van der Waals surface area contributed by atoms with E-state index in [4.69, 9.17) is 11.6 Å². The van der Waals surface area contributed by atoms with E-state index in [1.807, 2.05) is 30.3 Å². The van der Waals surface area contributed by atoms with Gasteiger partial charge in [0.05, 0.1) is 5.69 Å². The Morgan fingerprint density at radius 1 is 1.19 bits per heavy atom. The molecular formula is C22H22ClN3O. The highest BCUT2D eigenvalue weighted by Crippen LogP contribution is 2.27. The van der Waals surface area contributed by atoms with E-state index in [0.29, 0.717) is 22.6 Å². The molecule has 0 aliphatic carbocycles. The summed E-state index contributed by atoms with van der Waals surface area (Å²) in [5, 5.41) is 0.580. The maximum atomic E-state index is 12.2. The van der Waals surface area contributed by atoms with Crippen molar-refractivity contribution in [2.45, 2.75) is 32.4 Å². The molecule has 0 amide bonds. The first kappa shape index (κ1) is 18.0. The van der Waals surface area contributed by atoms with Crippen molar-refractivity contribution in [2.75, 3.05) is 6.54 Å². The third-order valence-electron chi connectivity index (χ3n) is 5.20. The van der Waals surface area contributed by atoms with Crippen LogP contribution in [0.2, 0.25) is 5.02 Å². The Labute approximate surface area is 163 Å². The summed E-state index contributed by atoms with van der Waals surface area (Å²) in [4.78, 5) is 22.1. The summed E-state index contributed by atoms with van der Waals surface area (Å²) in [6.07, 6.45) is 2.55. The average molecular weight is 380 g/mol. The van der Waals surface area contributed by atoms with Crippen LogP contribution in [0, 0.1) is 0 Å². The number of aromatic nitrogens is 2. The van der Waals surface area contributed by atoms with E-state index >= 15 is 0 Å². The number of halogens is 1. The monoisotopic (exact) mass is 379 g/mol. The molecule has 1 aliphatic rings.